The number of halogens is 1. The third-order valence-electron chi connectivity index (χ3n) is 5.70. The molecular formula is C26H25ClN2O6S. The molecule has 0 aliphatic carbocycles. The highest BCUT2D eigenvalue weighted by Crippen LogP contribution is 2.38. The minimum Gasteiger partial charge on any atom is -0.493 e. The van der Waals surface area contributed by atoms with Crippen LogP contribution in [0.3, 0.4) is 0 Å². The van der Waals surface area contributed by atoms with Crippen LogP contribution in [-0.2, 0) is 9.53 Å². The van der Waals surface area contributed by atoms with Gasteiger partial charge < -0.3 is 18.9 Å². The highest BCUT2D eigenvalue weighted by molar-refractivity contribution is 7.07. The molecule has 0 saturated heterocycles. The molecule has 8 nitrogen and oxygen atoms in total. The number of hydrogen-bond acceptors (Lipinski definition) is 8. The van der Waals surface area contributed by atoms with Crippen LogP contribution in [0, 0.1) is 0 Å². The van der Waals surface area contributed by atoms with Crippen molar-refractivity contribution < 1.29 is 23.7 Å². The number of nitrogens with zero attached hydrogens (tertiary/aromatic N) is 2. The summed E-state index contributed by atoms with van der Waals surface area (Å²) in [7, 11) is 4.58. The third kappa shape index (κ3) is 4.52. The van der Waals surface area contributed by atoms with E-state index in [2.05, 4.69) is 4.99 Å². The normalized spacial score (nSPS) is 15.3. The van der Waals surface area contributed by atoms with Crippen molar-refractivity contribution in [2.24, 2.45) is 4.99 Å². The molecule has 0 radical (unpaired) electrons. The van der Waals surface area contributed by atoms with Gasteiger partial charge in [-0.25, -0.2) is 9.79 Å². The van der Waals surface area contributed by atoms with Gasteiger partial charge in [-0.1, -0.05) is 41.1 Å². The number of carbonyl (C=O) groups excluding carboxylic acids is 1. The van der Waals surface area contributed by atoms with Crippen molar-refractivity contribution >= 4 is 35.0 Å². The summed E-state index contributed by atoms with van der Waals surface area (Å²) in [6.07, 6.45) is 1.72. The van der Waals surface area contributed by atoms with E-state index in [-0.39, 0.29) is 17.7 Å². The lowest BCUT2D eigenvalue weighted by atomic mass is 9.96. The molecule has 2 heterocycles. The van der Waals surface area contributed by atoms with Crippen molar-refractivity contribution in [1.29, 1.82) is 0 Å². The van der Waals surface area contributed by atoms with Crippen molar-refractivity contribution in [3.63, 3.8) is 0 Å². The number of thiazole rings is 1. The van der Waals surface area contributed by atoms with Gasteiger partial charge >= 0.3 is 5.97 Å². The SMILES string of the molecule is CCOC(=O)C1=C(C)N=c2sc(=Cc3cc(OC)c(OC)c(OC)c3)c(=O)n2C1c1ccccc1Cl. The number of rotatable bonds is 7. The summed E-state index contributed by atoms with van der Waals surface area (Å²) in [6, 6.07) is 9.84. The number of fused-ring (bicyclic) bond motifs is 1. The summed E-state index contributed by atoms with van der Waals surface area (Å²) >= 11 is 7.75. The van der Waals surface area contributed by atoms with Gasteiger partial charge in [-0.15, -0.1) is 0 Å². The second-order valence-electron chi connectivity index (χ2n) is 7.78. The fraction of sp³-hybridized carbons (Fsp3) is 0.269. The molecule has 3 aromatic rings. The van der Waals surface area contributed by atoms with Crippen LogP contribution in [0.2, 0.25) is 5.02 Å². The van der Waals surface area contributed by atoms with Gasteiger partial charge in [0.15, 0.2) is 16.3 Å². The van der Waals surface area contributed by atoms with Gasteiger partial charge in [0.05, 0.1) is 43.7 Å². The summed E-state index contributed by atoms with van der Waals surface area (Å²) in [5, 5.41) is 0.429. The molecule has 1 atom stereocenters. The number of esters is 1. The largest absolute Gasteiger partial charge is 0.493 e. The minimum absolute atomic E-state index is 0.191. The number of aromatic nitrogens is 1. The molecule has 10 heteroatoms. The predicted octanol–water partition coefficient (Wildman–Crippen LogP) is 3.48. The Morgan fingerprint density at radius 3 is 2.39 bits per heavy atom. The van der Waals surface area contributed by atoms with Gasteiger partial charge in [0.2, 0.25) is 5.75 Å². The Hall–Kier alpha value is -3.56. The summed E-state index contributed by atoms with van der Waals surface area (Å²) in [4.78, 5) is 31.8. The molecular weight excluding hydrogens is 504 g/mol. The van der Waals surface area contributed by atoms with E-state index in [9.17, 15) is 9.59 Å². The monoisotopic (exact) mass is 528 g/mol. The molecule has 0 amide bonds. The Balaban J connectivity index is 1.97. The molecule has 0 N–H and O–H groups in total. The number of ether oxygens (including phenoxy) is 4. The maximum Gasteiger partial charge on any atom is 0.338 e. The first-order chi connectivity index (χ1) is 17.3. The van der Waals surface area contributed by atoms with E-state index in [0.29, 0.717) is 48.4 Å². The lowest BCUT2D eigenvalue weighted by Crippen LogP contribution is -2.40. The summed E-state index contributed by atoms with van der Waals surface area (Å²) in [5.74, 6) is 0.838. The Kier molecular flexibility index (Phi) is 7.51. The first-order valence-corrected chi connectivity index (χ1v) is 12.3. The molecule has 0 fully saturated rings. The quantitative estimate of drug-likeness (QED) is 0.436. The molecule has 1 aliphatic rings. The number of allylic oxidation sites excluding steroid dienone is 1. The highest BCUT2D eigenvalue weighted by atomic mass is 35.5. The van der Waals surface area contributed by atoms with E-state index < -0.39 is 12.0 Å². The van der Waals surface area contributed by atoms with E-state index >= 15 is 0 Å². The van der Waals surface area contributed by atoms with E-state index in [4.69, 9.17) is 30.5 Å². The molecule has 1 unspecified atom stereocenters. The Bertz CT molecular complexity index is 1510. The first kappa shape index (κ1) is 25.5. The average Bonchev–Trinajstić information content (AvgIpc) is 3.17. The van der Waals surface area contributed by atoms with Crippen LogP contribution >= 0.6 is 22.9 Å². The summed E-state index contributed by atoms with van der Waals surface area (Å²) < 4.78 is 23.5. The van der Waals surface area contributed by atoms with Crippen LogP contribution in [-0.4, -0.2) is 38.5 Å². The standard InChI is InChI=1S/C26H25ClN2O6S/c1-6-35-25(31)21-14(2)28-26-29(22(21)16-9-7-8-10-17(16)27)24(30)20(36-26)13-15-11-18(32-3)23(34-5)19(12-15)33-4/h7-13,22H,6H2,1-5H3. The van der Waals surface area contributed by atoms with Crippen molar-refractivity contribution in [3.05, 3.63) is 83.5 Å². The van der Waals surface area contributed by atoms with Crippen molar-refractivity contribution in [2.75, 3.05) is 27.9 Å². The van der Waals surface area contributed by atoms with Crippen LogP contribution in [0.4, 0.5) is 0 Å². The Morgan fingerprint density at radius 2 is 1.81 bits per heavy atom. The van der Waals surface area contributed by atoms with E-state index in [1.807, 2.05) is 6.07 Å². The number of hydrogen-bond donors (Lipinski definition) is 0. The van der Waals surface area contributed by atoms with Crippen LogP contribution in [0.5, 0.6) is 17.2 Å². The second-order valence-corrected chi connectivity index (χ2v) is 9.20. The van der Waals surface area contributed by atoms with Gasteiger partial charge in [-0.05, 0) is 49.2 Å². The Labute approximate surface area is 216 Å². The fourth-order valence-corrected chi connectivity index (χ4v) is 5.40. The highest BCUT2D eigenvalue weighted by Gasteiger charge is 2.34. The van der Waals surface area contributed by atoms with Crippen LogP contribution < -0.4 is 29.1 Å². The first-order valence-electron chi connectivity index (χ1n) is 11.1. The number of methoxy groups -OCH3 is 3. The van der Waals surface area contributed by atoms with Gasteiger partial charge in [-0.2, -0.15) is 0 Å². The Morgan fingerprint density at radius 1 is 1.14 bits per heavy atom. The lowest BCUT2D eigenvalue weighted by Gasteiger charge is -2.25. The zero-order valence-electron chi connectivity index (χ0n) is 20.5. The molecule has 0 spiro atoms. The van der Waals surface area contributed by atoms with E-state index in [1.54, 1.807) is 50.3 Å². The zero-order valence-corrected chi connectivity index (χ0v) is 22.0. The molecule has 1 aromatic heterocycles. The predicted molar refractivity (Wildman–Crippen MR) is 138 cm³/mol. The molecule has 36 heavy (non-hydrogen) atoms. The van der Waals surface area contributed by atoms with Gasteiger partial charge in [0, 0.05) is 5.02 Å². The average molecular weight is 529 g/mol. The topological polar surface area (TPSA) is 88.4 Å². The summed E-state index contributed by atoms with van der Waals surface area (Å²) in [5.41, 5.74) is 1.71. The van der Waals surface area contributed by atoms with E-state index in [0.717, 1.165) is 0 Å². The van der Waals surface area contributed by atoms with Crippen molar-refractivity contribution in [1.82, 2.24) is 4.57 Å². The zero-order chi connectivity index (χ0) is 26.0. The molecule has 0 saturated carbocycles. The van der Waals surface area contributed by atoms with Gasteiger partial charge in [0.1, 0.15) is 6.04 Å². The molecule has 0 bridgehead atoms. The van der Waals surface area contributed by atoms with Crippen molar-refractivity contribution in [2.45, 2.75) is 19.9 Å². The van der Waals surface area contributed by atoms with Crippen LogP contribution in [0.15, 0.2) is 57.5 Å². The minimum atomic E-state index is -0.781. The molecule has 1 aliphatic heterocycles. The number of benzene rings is 2. The summed E-state index contributed by atoms with van der Waals surface area (Å²) in [6.45, 7) is 3.65. The fourth-order valence-electron chi connectivity index (χ4n) is 4.12. The number of carbonyl (C=O) groups is 1. The van der Waals surface area contributed by atoms with Crippen molar-refractivity contribution in [3.8, 4) is 17.2 Å². The molecule has 2 aromatic carbocycles. The molecule has 188 valence electrons. The maximum absolute atomic E-state index is 13.8. The van der Waals surface area contributed by atoms with Gasteiger partial charge in [0.25, 0.3) is 5.56 Å². The smallest absolute Gasteiger partial charge is 0.338 e. The van der Waals surface area contributed by atoms with Crippen LogP contribution in [0.25, 0.3) is 6.08 Å². The maximum atomic E-state index is 13.8. The van der Waals surface area contributed by atoms with Crippen LogP contribution in [0.1, 0.15) is 31.0 Å². The second kappa shape index (κ2) is 10.6. The third-order valence-corrected chi connectivity index (χ3v) is 7.03. The lowest BCUT2D eigenvalue weighted by molar-refractivity contribution is -0.139. The van der Waals surface area contributed by atoms with E-state index in [1.165, 1.54) is 37.2 Å². The van der Waals surface area contributed by atoms with Gasteiger partial charge in [-0.3, -0.25) is 9.36 Å². The molecule has 4 rings (SSSR count).